The van der Waals surface area contributed by atoms with Crippen molar-refractivity contribution < 1.29 is 14.3 Å². The van der Waals surface area contributed by atoms with E-state index in [-0.39, 0.29) is 11.7 Å². The van der Waals surface area contributed by atoms with Crippen LogP contribution in [0.1, 0.15) is 46.0 Å². The highest BCUT2D eigenvalue weighted by Crippen LogP contribution is 2.36. The van der Waals surface area contributed by atoms with Crippen molar-refractivity contribution in [1.82, 2.24) is 0 Å². The Bertz CT molecular complexity index is 237. The van der Waals surface area contributed by atoms with Crippen LogP contribution in [0.2, 0.25) is 0 Å². The number of alkyl halides is 1. The van der Waals surface area contributed by atoms with Crippen molar-refractivity contribution in [1.29, 1.82) is 0 Å². The predicted octanol–water partition coefficient (Wildman–Crippen LogP) is 3.14. The van der Waals surface area contributed by atoms with Crippen molar-refractivity contribution in [2.24, 2.45) is 5.92 Å². The molecule has 0 aromatic rings. The number of hydrogen-bond acceptors (Lipinski definition) is 3. The largest absolute Gasteiger partial charge is 0.347 e. The SMILES string of the molecule is CCC(=O)C(CC)C1(CCCCCl)OCCO1. The van der Waals surface area contributed by atoms with E-state index in [1.54, 1.807) is 0 Å². The van der Waals surface area contributed by atoms with Crippen LogP contribution in [0.15, 0.2) is 0 Å². The summed E-state index contributed by atoms with van der Waals surface area (Å²) in [5.41, 5.74) is 0. The summed E-state index contributed by atoms with van der Waals surface area (Å²) in [6.45, 7) is 5.10. The van der Waals surface area contributed by atoms with Crippen molar-refractivity contribution in [3.63, 3.8) is 0 Å². The van der Waals surface area contributed by atoms with E-state index >= 15 is 0 Å². The molecule has 3 nitrogen and oxygen atoms in total. The van der Waals surface area contributed by atoms with E-state index in [0.29, 0.717) is 25.5 Å². The molecule has 0 saturated carbocycles. The van der Waals surface area contributed by atoms with Gasteiger partial charge in [0.15, 0.2) is 5.79 Å². The van der Waals surface area contributed by atoms with E-state index in [4.69, 9.17) is 21.1 Å². The molecular formula is C13H23ClO3. The Morgan fingerprint density at radius 1 is 1.29 bits per heavy atom. The van der Waals surface area contributed by atoms with Crippen LogP contribution in [-0.4, -0.2) is 30.7 Å². The summed E-state index contributed by atoms with van der Waals surface area (Å²) in [7, 11) is 0. The molecule has 1 fully saturated rings. The van der Waals surface area contributed by atoms with Gasteiger partial charge in [-0.25, -0.2) is 0 Å². The number of rotatable bonds is 8. The molecule has 1 aliphatic rings. The van der Waals surface area contributed by atoms with Crippen molar-refractivity contribution in [3.8, 4) is 0 Å². The first-order valence-corrected chi connectivity index (χ1v) is 7.10. The summed E-state index contributed by atoms with van der Waals surface area (Å²) in [6.07, 6.45) is 3.96. The number of ketones is 1. The van der Waals surface area contributed by atoms with Gasteiger partial charge in [-0.2, -0.15) is 0 Å². The molecule has 100 valence electrons. The summed E-state index contributed by atoms with van der Waals surface area (Å²) in [4.78, 5) is 12.0. The van der Waals surface area contributed by atoms with Crippen LogP contribution < -0.4 is 0 Å². The molecule has 0 aromatic heterocycles. The molecule has 1 rings (SSSR count). The number of carbonyl (C=O) groups is 1. The van der Waals surface area contributed by atoms with E-state index < -0.39 is 5.79 Å². The molecule has 0 spiro atoms. The fourth-order valence-corrected chi connectivity index (χ4v) is 2.68. The van der Waals surface area contributed by atoms with Gasteiger partial charge in [-0.15, -0.1) is 11.6 Å². The molecule has 1 saturated heterocycles. The maximum absolute atomic E-state index is 12.0. The Hall–Kier alpha value is -0.120. The van der Waals surface area contributed by atoms with Crippen LogP contribution in [0.4, 0.5) is 0 Å². The molecule has 0 aromatic carbocycles. The van der Waals surface area contributed by atoms with Crippen molar-refractivity contribution in [2.75, 3.05) is 19.1 Å². The molecule has 4 heteroatoms. The number of halogens is 1. The lowest BCUT2D eigenvalue weighted by Crippen LogP contribution is -2.43. The number of hydrogen-bond donors (Lipinski definition) is 0. The minimum absolute atomic E-state index is 0.134. The van der Waals surface area contributed by atoms with E-state index in [2.05, 4.69) is 0 Å². The quantitative estimate of drug-likeness (QED) is 0.498. The molecule has 17 heavy (non-hydrogen) atoms. The van der Waals surface area contributed by atoms with Gasteiger partial charge in [-0.05, 0) is 19.3 Å². The van der Waals surface area contributed by atoms with Crippen molar-refractivity contribution >= 4 is 17.4 Å². The smallest absolute Gasteiger partial charge is 0.178 e. The molecule has 0 N–H and O–H groups in total. The normalized spacial score (nSPS) is 20.4. The van der Waals surface area contributed by atoms with Gasteiger partial charge in [0.05, 0.1) is 19.1 Å². The predicted molar refractivity (Wildman–Crippen MR) is 68.3 cm³/mol. The zero-order valence-corrected chi connectivity index (χ0v) is 11.6. The summed E-state index contributed by atoms with van der Waals surface area (Å²) in [5, 5.41) is 0. The fraction of sp³-hybridized carbons (Fsp3) is 0.923. The first-order chi connectivity index (χ1) is 8.20. The lowest BCUT2D eigenvalue weighted by molar-refractivity contribution is -0.202. The number of Topliss-reactive ketones (excluding diaryl/α,β-unsaturated/α-hetero) is 1. The molecule has 1 unspecified atom stereocenters. The maximum Gasteiger partial charge on any atom is 0.178 e. The Labute approximate surface area is 109 Å². The van der Waals surface area contributed by atoms with Gasteiger partial charge in [-0.1, -0.05) is 13.8 Å². The number of carbonyl (C=O) groups excluding carboxylic acids is 1. The van der Waals surface area contributed by atoms with Crippen LogP contribution in [-0.2, 0) is 14.3 Å². The molecule has 0 bridgehead atoms. The maximum atomic E-state index is 12.0. The standard InChI is InChI=1S/C13H23ClO3/c1-3-11(12(15)4-2)13(7-5-6-8-14)16-9-10-17-13/h11H,3-10H2,1-2H3. The number of ether oxygens (including phenoxy) is 2. The Morgan fingerprint density at radius 3 is 2.41 bits per heavy atom. The minimum atomic E-state index is -0.673. The van der Waals surface area contributed by atoms with Crippen LogP contribution in [0, 0.1) is 5.92 Å². The van der Waals surface area contributed by atoms with Crippen molar-refractivity contribution in [3.05, 3.63) is 0 Å². The third-order valence-corrected chi connectivity index (χ3v) is 3.63. The molecule has 0 radical (unpaired) electrons. The molecule has 0 amide bonds. The monoisotopic (exact) mass is 262 g/mol. The highest BCUT2D eigenvalue weighted by atomic mass is 35.5. The summed E-state index contributed by atoms with van der Waals surface area (Å²) in [5.74, 6) is 0.0771. The van der Waals surface area contributed by atoms with Gasteiger partial charge >= 0.3 is 0 Å². The topological polar surface area (TPSA) is 35.5 Å². The average Bonchev–Trinajstić information content (AvgIpc) is 2.80. The first kappa shape index (κ1) is 14.9. The second-order valence-corrected chi connectivity index (χ2v) is 4.81. The van der Waals surface area contributed by atoms with Gasteiger partial charge in [0.1, 0.15) is 5.78 Å². The Balaban J connectivity index is 2.70. The minimum Gasteiger partial charge on any atom is -0.347 e. The lowest BCUT2D eigenvalue weighted by atomic mass is 9.86. The molecular weight excluding hydrogens is 240 g/mol. The van der Waals surface area contributed by atoms with Gasteiger partial charge in [0, 0.05) is 18.7 Å². The zero-order chi connectivity index (χ0) is 12.7. The Morgan fingerprint density at radius 2 is 1.94 bits per heavy atom. The lowest BCUT2D eigenvalue weighted by Gasteiger charge is -2.34. The fourth-order valence-electron chi connectivity index (χ4n) is 2.49. The summed E-state index contributed by atoms with van der Waals surface area (Å²) < 4.78 is 11.6. The zero-order valence-electron chi connectivity index (χ0n) is 10.8. The van der Waals surface area contributed by atoms with E-state index in [1.807, 2.05) is 13.8 Å². The molecule has 1 aliphatic heterocycles. The van der Waals surface area contributed by atoms with Gasteiger partial charge in [0.25, 0.3) is 0 Å². The first-order valence-electron chi connectivity index (χ1n) is 6.56. The van der Waals surface area contributed by atoms with Gasteiger partial charge in [0.2, 0.25) is 0 Å². The average molecular weight is 263 g/mol. The summed E-state index contributed by atoms with van der Waals surface area (Å²) in [6, 6.07) is 0. The van der Waals surface area contributed by atoms with E-state index in [0.717, 1.165) is 25.7 Å². The highest BCUT2D eigenvalue weighted by molar-refractivity contribution is 6.17. The highest BCUT2D eigenvalue weighted by Gasteiger charge is 2.45. The van der Waals surface area contributed by atoms with E-state index in [9.17, 15) is 4.79 Å². The van der Waals surface area contributed by atoms with Crippen LogP contribution in [0.25, 0.3) is 0 Å². The van der Waals surface area contributed by atoms with Gasteiger partial charge < -0.3 is 9.47 Å². The summed E-state index contributed by atoms with van der Waals surface area (Å²) >= 11 is 5.69. The van der Waals surface area contributed by atoms with Crippen LogP contribution in [0.3, 0.4) is 0 Å². The van der Waals surface area contributed by atoms with Crippen LogP contribution >= 0.6 is 11.6 Å². The second kappa shape index (κ2) is 7.34. The third-order valence-electron chi connectivity index (χ3n) is 3.36. The van der Waals surface area contributed by atoms with Gasteiger partial charge in [-0.3, -0.25) is 4.79 Å². The second-order valence-electron chi connectivity index (χ2n) is 4.44. The molecule has 1 atom stereocenters. The van der Waals surface area contributed by atoms with Crippen molar-refractivity contribution in [2.45, 2.75) is 51.7 Å². The molecule has 1 heterocycles. The van der Waals surface area contributed by atoms with Crippen LogP contribution in [0.5, 0.6) is 0 Å². The molecule has 0 aliphatic carbocycles. The Kier molecular flexibility index (Phi) is 6.45. The number of unbranched alkanes of at least 4 members (excludes halogenated alkanes) is 1. The third kappa shape index (κ3) is 3.67. The van der Waals surface area contributed by atoms with E-state index in [1.165, 1.54) is 0 Å².